The first-order chi connectivity index (χ1) is 7.48. The van der Waals surface area contributed by atoms with Gasteiger partial charge in [0.25, 0.3) is 5.91 Å². The standard InChI is InChI=1S/C11H12ClN3O/c1-11(12,7-13)15-9-5-3-8(4-6-9)10(16)14-2/h3-6,15H,1-2H3,(H,14,16). The molecule has 0 aromatic heterocycles. The van der Waals surface area contributed by atoms with Gasteiger partial charge in [-0.05, 0) is 31.2 Å². The van der Waals surface area contributed by atoms with Crippen LogP contribution < -0.4 is 10.6 Å². The maximum Gasteiger partial charge on any atom is 0.251 e. The van der Waals surface area contributed by atoms with Crippen LogP contribution >= 0.6 is 11.6 Å². The fourth-order valence-corrected chi connectivity index (χ4v) is 1.26. The molecule has 0 aliphatic carbocycles. The van der Waals surface area contributed by atoms with Crippen LogP contribution in [0.25, 0.3) is 0 Å². The molecule has 1 atom stereocenters. The Morgan fingerprint density at radius 2 is 2.00 bits per heavy atom. The molecule has 5 heteroatoms. The minimum absolute atomic E-state index is 0.152. The number of hydrogen-bond acceptors (Lipinski definition) is 3. The van der Waals surface area contributed by atoms with Crippen LogP contribution in [0.3, 0.4) is 0 Å². The summed E-state index contributed by atoms with van der Waals surface area (Å²) in [5.74, 6) is -0.152. The lowest BCUT2D eigenvalue weighted by Crippen LogP contribution is -2.25. The Kier molecular flexibility index (Phi) is 3.75. The highest BCUT2D eigenvalue weighted by molar-refractivity contribution is 6.26. The number of halogens is 1. The summed E-state index contributed by atoms with van der Waals surface area (Å²) in [7, 11) is 1.57. The molecular formula is C11H12ClN3O. The smallest absolute Gasteiger partial charge is 0.251 e. The molecule has 0 saturated heterocycles. The van der Waals surface area contributed by atoms with Crippen LogP contribution in [-0.2, 0) is 0 Å². The van der Waals surface area contributed by atoms with E-state index in [2.05, 4.69) is 10.6 Å². The fourth-order valence-electron chi connectivity index (χ4n) is 1.15. The molecule has 0 bridgehead atoms. The third-order valence-corrected chi connectivity index (χ3v) is 2.14. The second-order valence-electron chi connectivity index (χ2n) is 3.40. The van der Waals surface area contributed by atoms with Crippen molar-refractivity contribution in [2.45, 2.75) is 11.9 Å². The van der Waals surface area contributed by atoms with Crippen molar-refractivity contribution >= 4 is 23.2 Å². The fraction of sp³-hybridized carbons (Fsp3) is 0.273. The highest BCUT2D eigenvalue weighted by Gasteiger charge is 2.18. The molecule has 1 unspecified atom stereocenters. The van der Waals surface area contributed by atoms with Gasteiger partial charge in [-0.2, -0.15) is 5.26 Å². The quantitative estimate of drug-likeness (QED) is 0.624. The number of alkyl halides is 1. The number of rotatable bonds is 3. The minimum atomic E-state index is -1.14. The van der Waals surface area contributed by atoms with Crippen molar-refractivity contribution in [3.05, 3.63) is 29.8 Å². The Bertz CT molecular complexity index is 420. The molecule has 0 fully saturated rings. The summed E-state index contributed by atoms with van der Waals surface area (Å²) in [6.45, 7) is 1.56. The van der Waals surface area contributed by atoms with Crippen molar-refractivity contribution in [3.63, 3.8) is 0 Å². The van der Waals surface area contributed by atoms with Gasteiger partial charge in [-0.25, -0.2) is 0 Å². The molecule has 0 radical (unpaired) electrons. The van der Waals surface area contributed by atoms with E-state index in [1.165, 1.54) is 0 Å². The van der Waals surface area contributed by atoms with Crippen LogP contribution in [0.1, 0.15) is 17.3 Å². The van der Waals surface area contributed by atoms with Gasteiger partial charge in [0, 0.05) is 18.3 Å². The third-order valence-electron chi connectivity index (χ3n) is 1.96. The zero-order valence-electron chi connectivity index (χ0n) is 9.04. The minimum Gasteiger partial charge on any atom is -0.355 e. The van der Waals surface area contributed by atoms with E-state index in [0.717, 1.165) is 0 Å². The maximum absolute atomic E-state index is 11.3. The number of nitrogens with one attached hydrogen (secondary N) is 2. The van der Waals surface area contributed by atoms with E-state index in [1.807, 2.05) is 6.07 Å². The SMILES string of the molecule is CNC(=O)c1ccc(NC(C)(Cl)C#N)cc1. The first kappa shape index (κ1) is 12.3. The highest BCUT2D eigenvalue weighted by Crippen LogP contribution is 2.18. The van der Waals surface area contributed by atoms with Crippen molar-refractivity contribution in [2.75, 3.05) is 12.4 Å². The largest absolute Gasteiger partial charge is 0.355 e. The second kappa shape index (κ2) is 4.86. The molecule has 0 saturated carbocycles. The lowest BCUT2D eigenvalue weighted by atomic mass is 10.2. The van der Waals surface area contributed by atoms with E-state index in [1.54, 1.807) is 38.2 Å². The summed E-state index contributed by atoms with van der Waals surface area (Å²) in [4.78, 5) is 10.1. The normalized spacial score (nSPS) is 13.4. The van der Waals surface area contributed by atoms with Crippen LogP contribution in [0.4, 0.5) is 5.69 Å². The highest BCUT2D eigenvalue weighted by atomic mass is 35.5. The number of nitriles is 1. The predicted octanol–water partition coefficient (Wildman–Crippen LogP) is 1.94. The molecule has 4 nitrogen and oxygen atoms in total. The number of anilines is 1. The zero-order chi connectivity index (χ0) is 12.2. The van der Waals surface area contributed by atoms with Gasteiger partial charge in [0.15, 0.2) is 5.00 Å². The Labute approximate surface area is 99.2 Å². The molecule has 1 aromatic rings. The van der Waals surface area contributed by atoms with Crippen molar-refractivity contribution in [1.82, 2.24) is 5.32 Å². The van der Waals surface area contributed by atoms with E-state index in [4.69, 9.17) is 16.9 Å². The number of carbonyl (C=O) groups excluding carboxylic acids is 1. The van der Waals surface area contributed by atoms with E-state index in [0.29, 0.717) is 11.3 Å². The first-order valence-electron chi connectivity index (χ1n) is 4.69. The van der Waals surface area contributed by atoms with Crippen LogP contribution in [-0.4, -0.2) is 18.0 Å². The molecule has 16 heavy (non-hydrogen) atoms. The lowest BCUT2D eigenvalue weighted by Gasteiger charge is -2.16. The maximum atomic E-state index is 11.3. The van der Waals surface area contributed by atoms with E-state index in [-0.39, 0.29) is 5.91 Å². The third kappa shape index (κ3) is 3.14. The Hall–Kier alpha value is -1.73. The summed E-state index contributed by atoms with van der Waals surface area (Å²) in [6, 6.07) is 8.62. The van der Waals surface area contributed by atoms with Crippen molar-refractivity contribution in [1.29, 1.82) is 5.26 Å². The monoisotopic (exact) mass is 237 g/mol. The number of hydrogen-bond donors (Lipinski definition) is 2. The molecule has 1 aromatic carbocycles. The first-order valence-corrected chi connectivity index (χ1v) is 5.07. The molecular weight excluding hydrogens is 226 g/mol. The van der Waals surface area contributed by atoms with Gasteiger partial charge in [-0.15, -0.1) is 0 Å². The van der Waals surface area contributed by atoms with Gasteiger partial charge < -0.3 is 10.6 Å². The molecule has 0 aliphatic rings. The van der Waals surface area contributed by atoms with Crippen molar-refractivity contribution < 1.29 is 4.79 Å². The summed E-state index contributed by atoms with van der Waals surface area (Å²) < 4.78 is 0. The molecule has 0 heterocycles. The second-order valence-corrected chi connectivity index (χ2v) is 4.15. The summed E-state index contributed by atoms with van der Waals surface area (Å²) in [6.07, 6.45) is 0. The van der Waals surface area contributed by atoms with Crippen LogP contribution in [0.5, 0.6) is 0 Å². The van der Waals surface area contributed by atoms with E-state index < -0.39 is 5.00 Å². The van der Waals surface area contributed by atoms with Crippen molar-refractivity contribution in [2.24, 2.45) is 0 Å². The Balaban J connectivity index is 2.81. The number of amides is 1. The average molecular weight is 238 g/mol. The van der Waals surface area contributed by atoms with E-state index >= 15 is 0 Å². The molecule has 1 amide bonds. The van der Waals surface area contributed by atoms with Gasteiger partial charge in [0.1, 0.15) is 6.07 Å². The molecule has 1 rings (SSSR count). The lowest BCUT2D eigenvalue weighted by molar-refractivity contribution is 0.0963. The van der Waals surface area contributed by atoms with Crippen molar-refractivity contribution in [3.8, 4) is 6.07 Å². The van der Waals surface area contributed by atoms with Crippen LogP contribution in [0.15, 0.2) is 24.3 Å². The Morgan fingerprint density at radius 3 is 2.44 bits per heavy atom. The van der Waals surface area contributed by atoms with Gasteiger partial charge in [-0.3, -0.25) is 4.79 Å². The number of nitrogens with zero attached hydrogens (tertiary/aromatic N) is 1. The molecule has 0 spiro atoms. The number of carbonyl (C=O) groups is 1. The molecule has 84 valence electrons. The molecule has 2 N–H and O–H groups in total. The summed E-state index contributed by atoms with van der Waals surface area (Å²) in [5.41, 5.74) is 1.24. The summed E-state index contributed by atoms with van der Waals surface area (Å²) >= 11 is 5.83. The van der Waals surface area contributed by atoms with Crippen LogP contribution in [0, 0.1) is 11.3 Å². The predicted molar refractivity (Wildman–Crippen MR) is 63.3 cm³/mol. The summed E-state index contributed by atoms with van der Waals surface area (Å²) in [5, 5.41) is 14.1. The van der Waals surface area contributed by atoms with Gasteiger partial charge in [-0.1, -0.05) is 11.6 Å². The topological polar surface area (TPSA) is 64.9 Å². The number of benzene rings is 1. The zero-order valence-corrected chi connectivity index (χ0v) is 9.80. The molecule has 0 aliphatic heterocycles. The van der Waals surface area contributed by atoms with Gasteiger partial charge in [0.2, 0.25) is 0 Å². The van der Waals surface area contributed by atoms with E-state index in [9.17, 15) is 4.79 Å². The van der Waals surface area contributed by atoms with Gasteiger partial charge in [0.05, 0.1) is 0 Å². The van der Waals surface area contributed by atoms with Gasteiger partial charge >= 0.3 is 0 Å². The average Bonchev–Trinajstić information content (AvgIpc) is 2.28. The van der Waals surface area contributed by atoms with Crippen LogP contribution in [0.2, 0.25) is 0 Å². The Morgan fingerprint density at radius 1 is 1.44 bits per heavy atom.